The minimum atomic E-state index is -0.310. The lowest BCUT2D eigenvalue weighted by atomic mass is 10.0. The van der Waals surface area contributed by atoms with E-state index in [0.717, 1.165) is 80.5 Å². The molecule has 4 heterocycles. The third-order valence-corrected chi connectivity index (χ3v) is 8.80. The smallest absolute Gasteiger partial charge is 0.248 e. The van der Waals surface area contributed by atoms with Crippen molar-refractivity contribution < 1.29 is 23.7 Å². The van der Waals surface area contributed by atoms with Gasteiger partial charge in [-0.2, -0.15) is 18.8 Å². The Labute approximate surface area is 283 Å². The van der Waals surface area contributed by atoms with Crippen molar-refractivity contribution in [1.82, 2.24) is 19.8 Å². The Hall–Kier alpha value is -4.09. The van der Waals surface area contributed by atoms with Crippen LogP contribution in [0.5, 0.6) is 11.5 Å². The lowest BCUT2D eigenvalue weighted by Crippen LogP contribution is -2.49. The molecule has 250 valence electrons. The minimum absolute atomic E-state index is 0. The van der Waals surface area contributed by atoms with Crippen molar-refractivity contribution in [1.29, 1.82) is 5.26 Å². The van der Waals surface area contributed by atoms with Gasteiger partial charge in [0.25, 0.3) is 0 Å². The van der Waals surface area contributed by atoms with Crippen LogP contribution in [0.3, 0.4) is 0 Å². The number of morpholine rings is 2. The number of methoxy groups -OCH3 is 1. The van der Waals surface area contributed by atoms with Gasteiger partial charge < -0.3 is 34.1 Å². The van der Waals surface area contributed by atoms with E-state index in [4.69, 9.17) is 18.9 Å². The fraction of sp³-hybridized carbons (Fsp3) is 0.471. The predicted octanol–water partition coefficient (Wildman–Crippen LogP) is 3.81. The van der Waals surface area contributed by atoms with Crippen LogP contribution >= 0.6 is 13.5 Å². The summed E-state index contributed by atoms with van der Waals surface area (Å²) in [6.07, 6.45) is 5.44. The van der Waals surface area contributed by atoms with E-state index in [1.54, 1.807) is 30.5 Å². The third-order valence-electron chi connectivity index (χ3n) is 8.80. The highest BCUT2D eigenvalue weighted by atomic mass is 32.1. The summed E-state index contributed by atoms with van der Waals surface area (Å²) >= 11 is 0. The standard InChI is InChI=1S/C34H41N7O5.H2S/c1-24(22-41-13-16-45-23-33(41)42)46-31-17-25(3-4-26(31)19-35)27-20-36-34(37-21-27)38-30-6-5-29(18-32(30)43-2)39-9-7-28(8-10-39)40-11-14-44-15-12-40;/h3-6,17-18,20-21,24,28H,7-16,22-23H2,1-2H3,(H,36,37,38);1H2/t24-;/m0./s1. The molecule has 3 aromatic rings. The van der Waals surface area contributed by atoms with Gasteiger partial charge in [0.1, 0.15) is 30.3 Å². The summed E-state index contributed by atoms with van der Waals surface area (Å²) < 4.78 is 22.6. The van der Waals surface area contributed by atoms with Gasteiger partial charge in [-0.25, -0.2) is 9.97 Å². The van der Waals surface area contributed by atoms with Crippen molar-refractivity contribution in [2.24, 2.45) is 0 Å². The molecule has 1 atom stereocenters. The van der Waals surface area contributed by atoms with Crippen LogP contribution < -0.4 is 19.7 Å². The normalized spacial score (nSPS) is 18.2. The number of rotatable bonds is 10. The van der Waals surface area contributed by atoms with Crippen molar-refractivity contribution in [3.05, 3.63) is 54.4 Å². The summed E-state index contributed by atoms with van der Waals surface area (Å²) in [5.74, 6) is 1.55. The molecule has 3 fully saturated rings. The van der Waals surface area contributed by atoms with Crippen molar-refractivity contribution in [3.8, 4) is 28.7 Å². The number of nitrogens with zero attached hydrogens (tertiary/aromatic N) is 6. The molecule has 1 amide bonds. The van der Waals surface area contributed by atoms with Crippen LogP contribution in [-0.2, 0) is 14.3 Å². The van der Waals surface area contributed by atoms with Gasteiger partial charge in [0, 0.05) is 68.5 Å². The SMILES string of the molecule is COc1cc(N2CCC(N3CCOCC3)CC2)ccc1Nc1ncc(-c2ccc(C#N)c(O[C@@H](C)CN3CCOCC3=O)c2)cn1.S. The highest BCUT2D eigenvalue weighted by Crippen LogP contribution is 2.34. The quantitative estimate of drug-likeness (QED) is 0.341. The van der Waals surface area contributed by atoms with Gasteiger partial charge in [0.05, 0.1) is 44.7 Å². The van der Waals surface area contributed by atoms with Crippen LogP contribution in [0, 0.1) is 11.3 Å². The predicted molar refractivity (Wildman–Crippen MR) is 184 cm³/mol. The maximum absolute atomic E-state index is 12.1. The summed E-state index contributed by atoms with van der Waals surface area (Å²) in [7, 11) is 1.67. The van der Waals surface area contributed by atoms with E-state index in [-0.39, 0.29) is 32.1 Å². The molecule has 13 heteroatoms. The number of carbonyl (C=O) groups is 1. The first-order valence-electron chi connectivity index (χ1n) is 15.9. The second kappa shape index (κ2) is 16.1. The van der Waals surface area contributed by atoms with Crippen LogP contribution in [0.1, 0.15) is 25.3 Å². The van der Waals surface area contributed by atoms with E-state index in [1.165, 1.54) is 0 Å². The van der Waals surface area contributed by atoms with E-state index < -0.39 is 0 Å². The average molecular weight is 662 g/mol. The number of ether oxygens (including phenoxy) is 4. The Bertz CT molecular complexity index is 1540. The first-order chi connectivity index (χ1) is 22.5. The maximum Gasteiger partial charge on any atom is 0.248 e. The number of aromatic nitrogens is 2. The van der Waals surface area contributed by atoms with Gasteiger partial charge in [-0.3, -0.25) is 9.69 Å². The second-order valence-corrected chi connectivity index (χ2v) is 11.8. The summed E-state index contributed by atoms with van der Waals surface area (Å²) in [4.78, 5) is 27.9. The van der Waals surface area contributed by atoms with Crippen LogP contribution in [-0.4, -0.2) is 111 Å². The number of carbonyl (C=O) groups excluding carboxylic acids is 1. The molecule has 3 saturated heterocycles. The Morgan fingerprint density at radius 1 is 0.979 bits per heavy atom. The highest BCUT2D eigenvalue weighted by molar-refractivity contribution is 7.59. The second-order valence-electron chi connectivity index (χ2n) is 11.8. The lowest BCUT2D eigenvalue weighted by molar-refractivity contribution is -0.143. The molecular formula is C34H43N7O5S. The van der Waals surface area contributed by atoms with Gasteiger partial charge in [-0.15, -0.1) is 0 Å². The number of nitriles is 1. The van der Waals surface area contributed by atoms with E-state index >= 15 is 0 Å². The minimum Gasteiger partial charge on any atom is -0.494 e. The summed E-state index contributed by atoms with van der Waals surface area (Å²) in [6.45, 7) is 9.18. The molecule has 6 rings (SSSR count). The zero-order valence-corrected chi connectivity index (χ0v) is 28.0. The number of hydrogen-bond acceptors (Lipinski definition) is 11. The highest BCUT2D eigenvalue weighted by Gasteiger charge is 2.26. The Morgan fingerprint density at radius 3 is 2.43 bits per heavy atom. The monoisotopic (exact) mass is 661 g/mol. The average Bonchev–Trinajstić information content (AvgIpc) is 3.10. The molecule has 3 aliphatic heterocycles. The maximum atomic E-state index is 12.1. The summed E-state index contributed by atoms with van der Waals surface area (Å²) in [5, 5.41) is 13.0. The zero-order valence-electron chi connectivity index (χ0n) is 27.0. The molecule has 0 spiro atoms. The summed E-state index contributed by atoms with van der Waals surface area (Å²) in [5.41, 5.74) is 3.93. The fourth-order valence-corrected chi connectivity index (χ4v) is 6.27. The molecule has 1 N–H and O–H groups in total. The first kappa shape index (κ1) is 34.3. The van der Waals surface area contributed by atoms with Crippen molar-refractivity contribution in [3.63, 3.8) is 0 Å². The van der Waals surface area contributed by atoms with Crippen LogP contribution in [0.15, 0.2) is 48.8 Å². The van der Waals surface area contributed by atoms with E-state index in [0.29, 0.717) is 43.0 Å². The van der Waals surface area contributed by atoms with Crippen molar-refractivity contribution in [2.75, 3.05) is 83.0 Å². The van der Waals surface area contributed by atoms with Gasteiger partial charge in [-0.1, -0.05) is 6.07 Å². The van der Waals surface area contributed by atoms with E-state index in [1.807, 2.05) is 25.1 Å². The lowest BCUT2D eigenvalue weighted by Gasteiger charge is -2.40. The molecule has 0 aliphatic carbocycles. The molecule has 0 radical (unpaired) electrons. The van der Waals surface area contributed by atoms with E-state index in [9.17, 15) is 10.1 Å². The molecule has 0 unspecified atom stereocenters. The van der Waals surface area contributed by atoms with Crippen molar-refractivity contribution in [2.45, 2.75) is 31.9 Å². The number of anilines is 3. The zero-order chi connectivity index (χ0) is 31.9. The van der Waals surface area contributed by atoms with Crippen LogP contribution in [0.25, 0.3) is 11.1 Å². The number of nitrogens with one attached hydrogen (secondary N) is 1. The molecule has 12 nitrogen and oxygen atoms in total. The molecular weight excluding hydrogens is 618 g/mol. The molecule has 47 heavy (non-hydrogen) atoms. The third kappa shape index (κ3) is 8.44. The largest absolute Gasteiger partial charge is 0.494 e. The molecule has 0 bridgehead atoms. The first-order valence-corrected chi connectivity index (χ1v) is 15.9. The van der Waals surface area contributed by atoms with Gasteiger partial charge in [0.15, 0.2) is 0 Å². The molecule has 0 saturated carbocycles. The van der Waals surface area contributed by atoms with Crippen LogP contribution in [0.4, 0.5) is 17.3 Å². The van der Waals surface area contributed by atoms with Gasteiger partial charge >= 0.3 is 0 Å². The Morgan fingerprint density at radius 2 is 1.72 bits per heavy atom. The Kier molecular flexibility index (Phi) is 11.8. The van der Waals surface area contributed by atoms with Gasteiger partial charge in [-0.05, 0) is 49.6 Å². The number of hydrogen-bond donors (Lipinski definition) is 1. The number of piperidine rings is 1. The fourth-order valence-electron chi connectivity index (χ4n) is 6.27. The van der Waals surface area contributed by atoms with Gasteiger partial charge in [0.2, 0.25) is 11.9 Å². The van der Waals surface area contributed by atoms with Crippen LogP contribution in [0.2, 0.25) is 0 Å². The summed E-state index contributed by atoms with van der Waals surface area (Å²) in [6, 6.07) is 14.4. The Balaban J connectivity index is 0.00000433. The molecule has 3 aliphatic rings. The topological polar surface area (TPSA) is 125 Å². The number of amides is 1. The number of benzene rings is 2. The molecule has 2 aromatic carbocycles. The van der Waals surface area contributed by atoms with Crippen molar-refractivity contribution >= 4 is 36.7 Å². The molecule has 1 aromatic heterocycles. The van der Waals surface area contributed by atoms with E-state index in [2.05, 4.69) is 43.3 Å².